The van der Waals surface area contributed by atoms with Crippen LogP contribution in [0.4, 0.5) is 4.39 Å². The number of nitrogens with two attached hydrogens (primary N) is 1. The van der Waals surface area contributed by atoms with Crippen molar-refractivity contribution in [1.29, 1.82) is 0 Å². The van der Waals surface area contributed by atoms with Crippen LogP contribution in [0.25, 0.3) is 0 Å². The summed E-state index contributed by atoms with van der Waals surface area (Å²) < 4.78 is 13.8. The predicted octanol–water partition coefficient (Wildman–Crippen LogP) is 2.82. The molecule has 0 unspecified atom stereocenters. The summed E-state index contributed by atoms with van der Waals surface area (Å²) in [5.74, 6) is -0.231. The summed E-state index contributed by atoms with van der Waals surface area (Å²) >= 11 is 3.25. The molecule has 0 aliphatic rings. The minimum absolute atomic E-state index is 0.176. The molecule has 0 aliphatic heterocycles. The van der Waals surface area contributed by atoms with Crippen LogP contribution in [0.15, 0.2) is 22.7 Å². The second-order valence-corrected chi connectivity index (χ2v) is 4.66. The van der Waals surface area contributed by atoms with Gasteiger partial charge in [0.1, 0.15) is 5.82 Å². The van der Waals surface area contributed by atoms with E-state index in [1.54, 1.807) is 0 Å². The zero-order valence-electron chi connectivity index (χ0n) is 7.77. The molecule has 0 heterocycles. The highest BCUT2D eigenvalue weighted by atomic mass is 79.9. The lowest BCUT2D eigenvalue weighted by molar-refractivity contribution is 0.530. The fourth-order valence-corrected chi connectivity index (χ4v) is 1.53. The number of benzene rings is 1. The molecule has 1 aromatic rings. The first-order valence-corrected chi connectivity index (χ1v) is 4.91. The molecular weight excluding hydrogens is 233 g/mol. The van der Waals surface area contributed by atoms with Crippen molar-refractivity contribution < 1.29 is 4.39 Å². The summed E-state index contributed by atoms with van der Waals surface area (Å²) in [6, 6.07) is 4.86. The van der Waals surface area contributed by atoms with Gasteiger partial charge in [0, 0.05) is 16.4 Å². The van der Waals surface area contributed by atoms with Gasteiger partial charge in [0.2, 0.25) is 0 Å². The number of hydrogen-bond acceptors (Lipinski definition) is 1. The summed E-state index contributed by atoms with van der Waals surface area (Å²) in [6.45, 7) is 4.49. The summed E-state index contributed by atoms with van der Waals surface area (Å²) in [5, 5.41) is 0. The Labute approximate surface area is 86.3 Å². The monoisotopic (exact) mass is 245 g/mol. The van der Waals surface area contributed by atoms with Crippen LogP contribution in [0, 0.1) is 5.82 Å². The minimum atomic E-state index is -0.231. The van der Waals surface area contributed by atoms with Gasteiger partial charge in [-0.25, -0.2) is 4.39 Å². The highest BCUT2D eigenvalue weighted by Gasteiger charge is 2.19. The van der Waals surface area contributed by atoms with Crippen LogP contribution in [0.5, 0.6) is 0 Å². The van der Waals surface area contributed by atoms with Gasteiger partial charge in [0.15, 0.2) is 0 Å². The normalized spacial score (nSPS) is 11.8. The average Bonchev–Trinajstić information content (AvgIpc) is 2.02. The van der Waals surface area contributed by atoms with Gasteiger partial charge in [0.05, 0.1) is 0 Å². The average molecular weight is 246 g/mol. The van der Waals surface area contributed by atoms with Crippen LogP contribution in [0.2, 0.25) is 0 Å². The first-order valence-electron chi connectivity index (χ1n) is 4.12. The van der Waals surface area contributed by atoms with E-state index in [0.717, 1.165) is 10.0 Å². The highest BCUT2D eigenvalue weighted by molar-refractivity contribution is 9.10. The Morgan fingerprint density at radius 1 is 1.38 bits per heavy atom. The van der Waals surface area contributed by atoms with Gasteiger partial charge in [-0.2, -0.15) is 0 Å². The molecule has 1 aromatic carbocycles. The summed E-state index contributed by atoms with van der Waals surface area (Å²) in [4.78, 5) is 0. The van der Waals surface area contributed by atoms with Crippen molar-refractivity contribution in [3.05, 3.63) is 34.1 Å². The smallest absolute Gasteiger partial charge is 0.124 e. The Morgan fingerprint density at radius 3 is 2.46 bits per heavy atom. The SMILES string of the molecule is CC(C)(CN)c1cc(F)cc(Br)c1. The summed E-state index contributed by atoms with van der Waals surface area (Å²) in [7, 11) is 0. The lowest BCUT2D eigenvalue weighted by Gasteiger charge is -2.23. The van der Waals surface area contributed by atoms with Gasteiger partial charge in [-0.05, 0) is 23.8 Å². The number of halogens is 2. The Bertz CT molecular complexity index is 290. The molecule has 0 atom stereocenters. The van der Waals surface area contributed by atoms with E-state index >= 15 is 0 Å². The van der Waals surface area contributed by atoms with E-state index in [1.807, 2.05) is 19.9 Å². The largest absolute Gasteiger partial charge is 0.330 e. The first kappa shape index (κ1) is 10.7. The van der Waals surface area contributed by atoms with E-state index in [0.29, 0.717) is 6.54 Å². The first-order chi connectivity index (χ1) is 5.95. The molecule has 3 heteroatoms. The van der Waals surface area contributed by atoms with E-state index in [1.165, 1.54) is 12.1 Å². The van der Waals surface area contributed by atoms with Gasteiger partial charge >= 0.3 is 0 Å². The van der Waals surface area contributed by atoms with Crippen LogP contribution in [0.3, 0.4) is 0 Å². The van der Waals surface area contributed by atoms with Crippen molar-refractivity contribution in [2.75, 3.05) is 6.54 Å². The second kappa shape index (κ2) is 3.76. The van der Waals surface area contributed by atoms with E-state index in [4.69, 9.17) is 5.73 Å². The standard InChI is InChI=1S/C10H13BrFN/c1-10(2,6-13)7-3-8(11)5-9(12)4-7/h3-5H,6,13H2,1-2H3. The Morgan fingerprint density at radius 2 is 2.00 bits per heavy atom. The lowest BCUT2D eigenvalue weighted by atomic mass is 9.85. The highest BCUT2D eigenvalue weighted by Crippen LogP contribution is 2.25. The molecule has 1 rings (SSSR count). The van der Waals surface area contributed by atoms with Crippen molar-refractivity contribution in [1.82, 2.24) is 0 Å². The van der Waals surface area contributed by atoms with Crippen LogP contribution in [-0.4, -0.2) is 6.54 Å². The zero-order chi connectivity index (χ0) is 10.1. The molecule has 0 fully saturated rings. The molecule has 0 radical (unpaired) electrons. The number of hydrogen-bond donors (Lipinski definition) is 1. The topological polar surface area (TPSA) is 26.0 Å². The third-order valence-electron chi connectivity index (χ3n) is 2.15. The molecule has 0 amide bonds. The molecule has 13 heavy (non-hydrogen) atoms. The lowest BCUT2D eigenvalue weighted by Crippen LogP contribution is -2.28. The number of rotatable bonds is 2. The molecule has 1 nitrogen and oxygen atoms in total. The van der Waals surface area contributed by atoms with Crippen molar-refractivity contribution >= 4 is 15.9 Å². The van der Waals surface area contributed by atoms with Gasteiger partial charge in [-0.15, -0.1) is 0 Å². The van der Waals surface area contributed by atoms with Crippen LogP contribution in [0.1, 0.15) is 19.4 Å². The van der Waals surface area contributed by atoms with Gasteiger partial charge in [-0.3, -0.25) is 0 Å². The van der Waals surface area contributed by atoms with Crippen molar-refractivity contribution in [2.24, 2.45) is 5.73 Å². The van der Waals surface area contributed by atoms with Crippen molar-refractivity contribution in [3.8, 4) is 0 Å². The maximum Gasteiger partial charge on any atom is 0.124 e. The maximum absolute atomic E-state index is 13.0. The van der Waals surface area contributed by atoms with E-state index in [2.05, 4.69) is 15.9 Å². The predicted molar refractivity (Wildman–Crippen MR) is 56.2 cm³/mol. The molecule has 0 aromatic heterocycles. The Kier molecular flexibility index (Phi) is 3.09. The van der Waals surface area contributed by atoms with E-state index in [9.17, 15) is 4.39 Å². The Balaban J connectivity index is 3.15. The molecule has 0 saturated heterocycles. The van der Waals surface area contributed by atoms with Crippen molar-refractivity contribution in [3.63, 3.8) is 0 Å². The van der Waals surface area contributed by atoms with Gasteiger partial charge in [0.25, 0.3) is 0 Å². The second-order valence-electron chi connectivity index (χ2n) is 3.75. The molecule has 0 bridgehead atoms. The third kappa shape index (κ3) is 2.51. The molecule has 72 valence electrons. The molecule has 0 saturated carbocycles. The van der Waals surface area contributed by atoms with Crippen LogP contribution in [-0.2, 0) is 5.41 Å². The van der Waals surface area contributed by atoms with Crippen LogP contribution < -0.4 is 5.73 Å². The molecular formula is C10H13BrFN. The quantitative estimate of drug-likeness (QED) is 0.853. The summed E-state index contributed by atoms with van der Waals surface area (Å²) in [6.07, 6.45) is 0. The summed E-state index contributed by atoms with van der Waals surface area (Å²) in [5.41, 5.74) is 6.34. The Hall–Kier alpha value is -0.410. The van der Waals surface area contributed by atoms with Crippen LogP contribution >= 0.6 is 15.9 Å². The fourth-order valence-electron chi connectivity index (χ4n) is 1.06. The fraction of sp³-hybridized carbons (Fsp3) is 0.400. The molecule has 2 N–H and O–H groups in total. The van der Waals surface area contributed by atoms with Crippen molar-refractivity contribution in [2.45, 2.75) is 19.3 Å². The van der Waals surface area contributed by atoms with Gasteiger partial charge in [-0.1, -0.05) is 29.8 Å². The minimum Gasteiger partial charge on any atom is -0.330 e. The molecule has 0 spiro atoms. The zero-order valence-corrected chi connectivity index (χ0v) is 9.36. The molecule has 0 aliphatic carbocycles. The van der Waals surface area contributed by atoms with Gasteiger partial charge < -0.3 is 5.73 Å². The maximum atomic E-state index is 13.0. The van der Waals surface area contributed by atoms with E-state index in [-0.39, 0.29) is 11.2 Å². The third-order valence-corrected chi connectivity index (χ3v) is 2.61. The van der Waals surface area contributed by atoms with E-state index < -0.39 is 0 Å².